The predicted molar refractivity (Wildman–Crippen MR) is 61.1 cm³/mol. The molecule has 0 saturated heterocycles. The molecule has 0 radical (unpaired) electrons. The van der Waals surface area contributed by atoms with Crippen molar-refractivity contribution >= 4 is 21.6 Å². The highest BCUT2D eigenvalue weighted by Crippen LogP contribution is 2.31. The lowest BCUT2D eigenvalue weighted by Crippen LogP contribution is -2.06. The zero-order chi connectivity index (χ0) is 12.2. The Bertz CT molecular complexity index is 429. The van der Waals surface area contributed by atoms with Gasteiger partial charge in [0.05, 0.1) is 5.56 Å². The van der Waals surface area contributed by atoms with Crippen LogP contribution in [-0.2, 0) is 6.18 Å². The molecule has 1 aromatic carbocycles. The lowest BCUT2D eigenvalue weighted by molar-refractivity contribution is -0.137. The van der Waals surface area contributed by atoms with Crippen LogP contribution in [0.1, 0.15) is 17.5 Å². The summed E-state index contributed by atoms with van der Waals surface area (Å²) in [5.74, 6) is 5.51. The number of benzene rings is 1. The minimum Gasteiger partial charge on any atom is -0.398 e. The van der Waals surface area contributed by atoms with Crippen LogP contribution in [0.5, 0.6) is 0 Å². The molecule has 0 spiro atoms. The van der Waals surface area contributed by atoms with Gasteiger partial charge < -0.3 is 5.73 Å². The monoisotopic (exact) mass is 291 g/mol. The van der Waals surface area contributed by atoms with E-state index in [1.54, 1.807) is 0 Å². The van der Waals surface area contributed by atoms with Gasteiger partial charge >= 0.3 is 6.18 Å². The Balaban J connectivity index is 2.98. The molecule has 2 N–H and O–H groups in total. The van der Waals surface area contributed by atoms with Crippen molar-refractivity contribution in [2.75, 3.05) is 11.1 Å². The smallest absolute Gasteiger partial charge is 0.398 e. The molecular formula is C11H9BrF3N. The lowest BCUT2D eigenvalue weighted by Gasteiger charge is -2.07. The SMILES string of the molecule is Nc1cc(C(F)(F)F)ccc1C#CCCBr. The quantitative estimate of drug-likeness (QED) is 0.479. The maximum Gasteiger partial charge on any atom is 0.416 e. The highest BCUT2D eigenvalue weighted by atomic mass is 79.9. The maximum absolute atomic E-state index is 12.3. The summed E-state index contributed by atoms with van der Waals surface area (Å²) in [7, 11) is 0. The predicted octanol–water partition coefficient (Wildman–Crippen LogP) is 3.42. The number of nitrogen functional groups attached to an aromatic ring is 1. The van der Waals surface area contributed by atoms with Gasteiger partial charge in [-0.25, -0.2) is 0 Å². The number of anilines is 1. The van der Waals surface area contributed by atoms with Crippen LogP contribution in [0.4, 0.5) is 18.9 Å². The minimum absolute atomic E-state index is 0.0527. The average Bonchev–Trinajstić information content (AvgIpc) is 2.19. The zero-order valence-electron chi connectivity index (χ0n) is 8.24. The van der Waals surface area contributed by atoms with Crippen LogP contribution in [0.3, 0.4) is 0 Å². The summed E-state index contributed by atoms with van der Waals surface area (Å²) in [5.41, 5.74) is 5.21. The Hall–Kier alpha value is -1.15. The van der Waals surface area contributed by atoms with Gasteiger partial charge in [0, 0.05) is 23.0 Å². The van der Waals surface area contributed by atoms with Crippen LogP contribution >= 0.6 is 15.9 Å². The second-order valence-electron chi connectivity index (χ2n) is 3.04. The van der Waals surface area contributed by atoms with E-state index in [1.165, 1.54) is 6.07 Å². The summed E-state index contributed by atoms with van der Waals surface area (Å²) in [4.78, 5) is 0. The molecular weight excluding hydrogens is 283 g/mol. The summed E-state index contributed by atoms with van der Waals surface area (Å²) >= 11 is 3.20. The summed E-state index contributed by atoms with van der Waals surface area (Å²) in [5, 5.41) is 0.723. The largest absolute Gasteiger partial charge is 0.416 e. The van der Waals surface area contributed by atoms with Crippen molar-refractivity contribution in [3.8, 4) is 11.8 Å². The number of hydrogen-bond acceptors (Lipinski definition) is 1. The number of hydrogen-bond donors (Lipinski definition) is 1. The first kappa shape index (κ1) is 12.9. The molecule has 0 heterocycles. The standard InChI is InChI=1S/C11H9BrF3N/c12-6-2-1-3-8-4-5-9(7-10(8)16)11(13,14)15/h4-5,7H,2,6,16H2. The van der Waals surface area contributed by atoms with Gasteiger partial charge in [-0.1, -0.05) is 27.8 Å². The Morgan fingerprint density at radius 1 is 1.31 bits per heavy atom. The minimum atomic E-state index is -4.37. The van der Waals surface area contributed by atoms with Crippen molar-refractivity contribution in [3.05, 3.63) is 29.3 Å². The summed E-state index contributed by atoms with van der Waals surface area (Å²) < 4.78 is 36.9. The first-order chi connectivity index (χ1) is 7.45. The molecule has 0 amide bonds. The van der Waals surface area contributed by atoms with Crippen LogP contribution in [0.15, 0.2) is 18.2 Å². The third-order valence-corrected chi connectivity index (χ3v) is 2.22. The van der Waals surface area contributed by atoms with Crippen LogP contribution < -0.4 is 5.73 Å². The van der Waals surface area contributed by atoms with E-state index in [0.717, 1.165) is 17.5 Å². The third-order valence-electron chi connectivity index (χ3n) is 1.82. The first-order valence-electron chi connectivity index (χ1n) is 4.46. The van der Waals surface area contributed by atoms with Crippen LogP contribution in [0, 0.1) is 11.8 Å². The van der Waals surface area contributed by atoms with Crippen molar-refractivity contribution in [2.45, 2.75) is 12.6 Å². The molecule has 0 fully saturated rings. The van der Waals surface area contributed by atoms with Gasteiger partial charge in [-0.15, -0.1) is 0 Å². The number of alkyl halides is 4. The van der Waals surface area contributed by atoms with E-state index >= 15 is 0 Å². The Kier molecular flexibility index (Phi) is 4.25. The fraction of sp³-hybridized carbons (Fsp3) is 0.273. The van der Waals surface area contributed by atoms with Gasteiger partial charge in [0.15, 0.2) is 0 Å². The summed E-state index contributed by atoms with van der Waals surface area (Å²) in [6, 6.07) is 3.17. The molecule has 0 saturated carbocycles. The van der Waals surface area contributed by atoms with E-state index in [1.807, 2.05) is 0 Å². The highest BCUT2D eigenvalue weighted by Gasteiger charge is 2.30. The molecule has 1 nitrogen and oxygen atoms in total. The second-order valence-corrected chi connectivity index (χ2v) is 3.83. The van der Waals surface area contributed by atoms with Crippen LogP contribution in [-0.4, -0.2) is 5.33 Å². The van der Waals surface area contributed by atoms with Crippen molar-refractivity contribution in [2.24, 2.45) is 0 Å². The van der Waals surface area contributed by atoms with Gasteiger partial charge in [0.2, 0.25) is 0 Å². The molecule has 0 aliphatic carbocycles. The fourth-order valence-electron chi connectivity index (χ4n) is 1.06. The van der Waals surface area contributed by atoms with Crippen LogP contribution in [0.25, 0.3) is 0 Å². The molecule has 0 atom stereocenters. The van der Waals surface area contributed by atoms with Gasteiger partial charge in [0.25, 0.3) is 0 Å². The molecule has 5 heteroatoms. The van der Waals surface area contributed by atoms with E-state index < -0.39 is 11.7 Å². The van der Waals surface area contributed by atoms with Crippen molar-refractivity contribution in [3.63, 3.8) is 0 Å². The summed E-state index contributed by atoms with van der Waals surface area (Å²) in [6.45, 7) is 0. The van der Waals surface area contributed by atoms with Gasteiger partial charge in [-0.3, -0.25) is 0 Å². The zero-order valence-corrected chi connectivity index (χ0v) is 9.82. The van der Waals surface area contributed by atoms with E-state index in [4.69, 9.17) is 5.73 Å². The van der Waals surface area contributed by atoms with Gasteiger partial charge in [0.1, 0.15) is 0 Å². The number of nitrogens with two attached hydrogens (primary N) is 1. The Morgan fingerprint density at radius 2 is 2.00 bits per heavy atom. The molecule has 0 aliphatic heterocycles. The Labute approximate surface area is 100.0 Å². The lowest BCUT2D eigenvalue weighted by atomic mass is 10.1. The van der Waals surface area contributed by atoms with Crippen LogP contribution in [0.2, 0.25) is 0 Å². The third kappa shape index (κ3) is 3.46. The second kappa shape index (κ2) is 5.26. The molecule has 86 valence electrons. The number of halogens is 4. The fourth-order valence-corrected chi connectivity index (χ4v) is 1.26. The topological polar surface area (TPSA) is 26.0 Å². The summed E-state index contributed by atoms with van der Waals surface area (Å²) in [6.07, 6.45) is -3.74. The van der Waals surface area contributed by atoms with Gasteiger partial charge in [-0.2, -0.15) is 13.2 Å². The van der Waals surface area contributed by atoms with Crippen molar-refractivity contribution in [1.82, 2.24) is 0 Å². The van der Waals surface area contributed by atoms with E-state index in [9.17, 15) is 13.2 Å². The van der Waals surface area contributed by atoms with Gasteiger partial charge in [-0.05, 0) is 18.2 Å². The van der Waals surface area contributed by atoms with Crippen molar-refractivity contribution in [1.29, 1.82) is 0 Å². The number of rotatable bonds is 1. The van der Waals surface area contributed by atoms with E-state index in [0.29, 0.717) is 12.0 Å². The molecule has 1 aromatic rings. The van der Waals surface area contributed by atoms with Crippen molar-refractivity contribution < 1.29 is 13.2 Å². The molecule has 0 aromatic heterocycles. The molecule has 16 heavy (non-hydrogen) atoms. The van der Waals surface area contributed by atoms with E-state index in [-0.39, 0.29) is 5.69 Å². The van der Waals surface area contributed by atoms with E-state index in [2.05, 4.69) is 27.8 Å². The molecule has 0 bridgehead atoms. The molecule has 1 rings (SSSR count). The average molecular weight is 292 g/mol. The first-order valence-corrected chi connectivity index (χ1v) is 5.59. The Morgan fingerprint density at radius 3 is 2.50 bits per heavy atom. The maximum atomic E-state index is 12.3. The normalized spacial score (nSPS) is 10.8. The molecule has 0 aliphatic rings. The highest BCUT2D eigenvalue weighted by molar-refractivity contribution is 9.09. The molecule has 0 unspecified atom stereocenters.